The fraction of sp³-hybridized carbons (Fsp3) is 0.500. The standard InChI is InChI=1S/C12H17/c1-4-5-6-12-8-10(2)7-11(3)9-12/h8-9H,4-6H2,1-3H3. The van der Waals surface area contributed by atoms with Gasteiger partial charge in [0.2, 0.25) is 0 Å². The van der Waals surface area contributed by atoms with Crippen LogP contribution in [0.4, 0.5) is 0 Å². The lowest BCUT2D eigenvalue weighted by molar-refractivity contribution is 0.794. The Balaban J connectivity index is 2.72. The molecule has 1 aromatic carbocycles. The third kappa shape index (κ3) is 2.69. The maximum Gasteiger partial charge on any atom is -0.0120 e. The van der Waals surface area contributed by atoms with Crippen LogP contribution in [0.1, 0.15) is 36.5 Å². The number of benzene rings is 1. The molecule has 0 amide bonds. The third-order valence-corrected chi connectivity index (χ3v) is 2.02. The molecule has 0 heteroatoms. The number of unbranched alkanes of at least 4 members (excludes halogenated alkanes) is 1. The SMILES string of the molecule is CCCCc1cc(C)[c]c(C)c1. The predicted octanol–water partition coefficient (Wildman–Crippen LogP) is 3.45. The minimum Gasteiger partial charge on any atom is -0.0654 e. The van der Waals surface area contributed by atoms with Crippen LogP contribution in [0.3, 0.4) is 0 Å². The summed E-state index contributed by atoms with van der Waals surface area (Å²) in [7, 11) is 0. The van der Waals surface area contributed by atoms with Crippen LogP contribution < -0.4 is 0 Å². The topological polar surface area (TPSA) is 0 Å². The molecule has 1 radical (unpaired) electrons. The van der Waals surface area contributed by atoms with Gasteiger partial charge in [0.15, 0.2) is 0 Å². The van der Waals surface area contributed by atoms with Gasteiger partial charge in [-0.15, -0.1) is 0 Å². The minimum absolute atomic E-state index is 1.22. The van der Waals surface area contributed by atoms with E-state index in [0.29, 0.717) is 0 Å². The van der Waals surface area contributed by atoms with Gasteiger partial charge in [-0.2, -0.15) is 0 Å². The van der Waals surface area contributed by atoms with Gasteiger partial charge in [-0.1, -0.05) is 25.5 Å². The van der Waals surface area contributed by atoms with Crippen molar-refractivity contribution in [1.82, 2.24) is 0 Å². The van der Waals surface area contributed by atoms with E-state index in [1.807, 2.05) is 0 Å². The molecule has 1 aromatic rings. The van der Waals surface area contributed by atoms with E-state index in [1.165, 1.54) is 36.0 Å². The van der Waals surface area contributed by atoms with Gasteiger partial charge in [-0.05, 0) is 49.4 Å². The Bertz CT molecular complexity index is 228. The summed E-state index contributed by atoms with van der Waals surface area (Å²) in [6.07, 6.45) is 3.78. The van der Waals surface area contributed by atoms with Gasteiger partial charge < -0.3 is 0 Å². The van der Waals surface area contributed by atoms with Crippen molar-refractivity contribution in [3.05, 3.63) is 34.9 Å². The molecule has 0 fully saturated rings. The van der Waals surface area contributed by atoms with E-state index in [2.05, 4.69) is 39.0 Å². The first-order valence-electron chi connectivity index (χ1n) is 4.72. The summed E-state index contributed by atoms with van der Waals surface area (Å²) < 4.78 is 0. The van der Waals surface area contributed by atoms with Crippen molar-refractivity contribution in [3.63, 3.8) is 0 Å². The lowest BCUT2D eigenvalue weighted by Gasteiger charge is -2.02. The van der Waals surface area contributed by atoms with Crippen LogP contribution >= 0.6 is 0 Å². The van der Waals surface area contributed by atoms with E-state index in [1.54, 1.807) is 0 Å². The highest BCUT2D eigenvalue weighted by Crippen LogP contribution is 2.10. The molecule has 65 valence electrons. The Labute approximate surface area is 75.6 Å². The van der Waals surface area contributed by atoms with Crippen molar-refractivity contribution < 1.29 is 0 Å². The molecular formula is C12H17. The van der Waals surface area contributed by atoms with Crippen LogP contribution in [0, 0.1) is 19.9 Å². The Kier molecular flexibility index (Phi) is 3.33. The maximum atomic E-state index is 3.29. The summed E-state index contributed by atoms with van der Waals surface area (Å²) in [5.41, 5.74) is 3.99. The molecule has 12 heavy (non-hydrogen) atoms. The van der Waals surface area contributed by atoms with Gasteiger partial charge in [-0.3, -0.25) is 0 Å². The number of hydrogen-bond acceptors (Lipinski definition) is 0. The summed E-state index contributed by atoms with van der Waals surface area (Å²) in [6.45, 7) is 6.46. The van der Waals surface area contributed by atoms with Crippen LogP contribution in [0.25, 0.3) is 0 Å². The Hall–Kier alpha value is -0.780. The highest BCUT2D eigenvalue weighted by atomic mass is 14.0. The zero-order valence-corrected chi connectivity index (χ0v) is 8.28. The molecule has 0 aliphatic rings. The summed E-state index contributed by atoms with van der Waals surface area (Å²) in [4.78, 5) is 0. The average Bonchev–Trinajstić information content (AvgIpc) is 1.99. The van der Waals surface area contributed by atoms with E-state index in [-0.39, 0.29) is 0 Å². The van der Waals surface area contributed by atoms with E-state index < -0.39 is 0 Å². The lowest BCUT2D eigenvalue weighted by atomic mass is 10.0. The molecular weight excluding hydrogens is 144 g/mol. The Morgan fingerprint density at radius 2 is 1.75 bits per heavy atom. The van der Waals surface area contributed by atoms with Crippen LogP contribution in [-0.2, 0) is 6.42 Å². The molecule has 0 aliphatic heterocycles. The van der Waals surface area contributed by atoms with Crippen molar-refractivity contribution in [2.75, 3.05) is 0 Å². The van der Waals surface area contributed by atoms with Crippen LogP contribution in [0.5, 0.6) is 0 Å². The summed E-state index contributed by atoms with van der Waals surface area (Å²) in [6, 6.07) is 7.76. The monoisotopic (exact) mass is 161 g/mol. The first-order valence-corrected chi connectivity index (χ1v) is 4.72. The van der Waals surface area contributed by atoms with Crippen molar-refractivity contribution in [2.45, 2.75) is 40.0 Å². The van der Waals surface area contributed by atoms with E-state index in [0.717, 1.165) is 0 Å². The van der Waals surface area contributed by atoms with E-state index in [4.69, 9.17) is 0 Å². The van der Waals surface area contributed by atoms with Crippen LogP contribution in [0.15, 0.2) is 12.1 Å². The molecule has 0 saturated heterocycles. The van der Waals surface area contributed by atoms with Gasteiger partial charge in [0.25, 0.3) is 0 Å². The highest BCUT2D eigenvalue weighted by Gasteiger charge is 1.95. The molecule has 0 spiro atoms. The molecule has 1 rings (SSSR count). The fourth-order valence-electron chi connectivity index (χ4n) is 1.51. The van der Waals surface area contributed by atoms with E-state index in [9.17, 15) is 0 Å². The van der Waals surface area contributed by atoms with Gasteiger partial charge in [0.1, 0.15) is 0 Å². The second-order valence-corrected chi connectivity index (χ2v) is 3.46. The smallest absolute Gasteiger partial charge is 0.0120 e. The van der Waals surface area contributed by atoms with Crippen molar-refractivity contribution in [3.8, 4) is 0 Å². The van der Waals surface area contributed by atoms with Gasteiger partial charge in [0.05, 0.1) is 0 Å². The minimum atomic E-state index is 1.22. The number of hydrogen-bond donors (Lipinski definition) is 0. The average molecular weight is 161 g/mol. The predicted molar refractivity (Wildman–Crippen MR) is 53.4 cm³/mol. The molecule has 0 aromatic heterocycles. The molecule has 0 aliphatic carbocycles. The summed E-state index contributed by atoms with van der Waals surface area (Å²) >= 11 is 0. The van der Waals surface area contributed by atoms with Crippen LogP contribution in [0.2, 0.25) is 0 Å². The molecule has 0 saturated carbocycles. The van der Waals surface area contributed by atoms with Crippen molar-refractivity contribution in [1.29, 1.82) is 0 Å². The largest absolute Gasteiger partial charge is 0.0654 e. The first-order chi connectivity index (χ1) is 5.72. The first kappa shape index (κ1) is 9.31. The second kappa shape index (κ2) is 4.30. The fourth-order valence-corrected chi connectivity index (χ4v) is 1.51. The van der Waals surface area contributed by atoms with Crippen molar-refractivity contribution in [2.24, 2.45) is 0 Å². The van der Waals surface area contributed by atoms with Crippen molar-refractivity contribution >= 4 is 0 Å². The van der Waals surface area contributed by atoms with Crippen LogP contribution in [-0.4, -0.2) is 0 Å². The molecule has 0 bridgehead atoms. The quantitative estimate of drug-likeness (QED) is 0.637. The van der Waals surface area contributed by atoms with Gasteiger partial charge >= 0.3 is 0 Å². The second-order valence-electron chi connectivity index (χ2n) is 3.46. The maximum absolute atomic E-state index is 3.29. The van der Waals surface area contributed by atoms with Gasteiger partial charge in [-0.25, -0.2) is 0 Å². The molecule has 0 nitrogen and oxygen atoms in total. The number of aryl methyl sites for hydroxylation is 3. The highest BCUT2D eigenvalue weighted by molar-refractivity contribution is 5.27. The van der Waals surface area contributed by atoms with E-state index >= 15 is 0 Å². The third-order valence-electron chi connectivity index (χ3n) is 2.02. The molecule has 0 unspecified atom stereocenters. The number of rotatable bonds is 3. The summed E-state index contributed by atoms with van der Waals surface area (Å²) in [5.74, 6) is 0. The normalized spacial score (nSPS) is 10.2. The Morgan fingerprint density at radius 3 is 2.25 bits per heavy atom. The molecule has 0 N–H and O–H groups in total. The zero-order valence-electron chi connectivity index (χ0n) is 8.28. The summed E-state index contributed by atoms with van der Waals surface area (Å²) in [5, 5.41) is 0. The molecule has 0 atom stereocenters. The zero-order chi connectivity index (χ0) is 8.97. The van der Waals surface area contributed by atoms with Gasteiger partial charge in [0, 0.05) is 0 Å². The Morgan fingerprint density at radius 1 is 1.17 bits per heavy atom. The molecule has 0 heterocycles. The lowest BCUT2D eigenvalue weighted by Crippen LogP contribution is -1.87.